The second-order valence-electron chi connectivity index (χ2n) is 4.00. The summed E-state index contributed by atoms with van der Waals surface area (Å²) in [6.45, 7) is 0. The Kier molecular flexibility index (Phi) is 3.95. The topological polar surface area (TPSA) is 131 Å². The zero-order valence-corrected chi connectivity index (χ0v) is 12.4. The molecule has 10 nitrogen and oxygen atoms in total. The van der Waals surface area contributed by atoms with Crippen LogP contribution in [0, 0.1) is 0 Å². The molecule has 1 amide bonds. The van der Waals surface area contributed by atoms with E-state index in [1.54, 1.807) is 7.05 Å². The average molecular weight is 314 g/mol. The van der Waals surface area contributed by atoms with Crippen molar-refractivity contribution in [3.63, 3.8) is 0 Å². The highest BCUT2D eigenvalue weighted by Gasteiger charge is 2.20. The first kappa shape index (κ1) is 15.0. The van der Waals surface area contributed by atoms with Crippen LogP contribution in [0.1, 0.15) is 10.5 Å². The smallest absolute Gasteiger partial charge is 0.336 e. The van der Waals surface area contributed by atoms with Gasteiger partial charge in [0, 0.05) is 13.2 Å². The molecule has 0 saturated carbocycles. The third-order valence-electron chi connectivity index (χ3n) is 2.67. The molecule has 21 heavy (non-hydrogen) atoms. The third-order valence-corrected chi connectivity index (χ3v) is 4.05. The quantitative estimate of drug-likeness (QED) is 0.669. The molecule has 0 aromatic carbocycles. The normalized spacial score (nSPS) is 11.4. The van der Waals surface area contributed by atoms with Crippen molar-refractivity contribution >= 4 is 21.9 Å². The first-order valence-electron chi connectivity index (χ1n) is 5.75. The fourth-order valence-electron chi connectivity index (χ4n) is 1.59. The molecule has 0 saturated heterocycles. The number of methoxy groups -OCH3 is 1. The lowest BCUT2D eigenvalue weighted by molar-refractivity contribution is 0.101. The molecular weight excluding hydrogens is 300 g/mol. The molecule has 0 unspecified atom stereocenters. The predicted molar refractivity (Wildman–Crippen MR) is 72.5 cm³/mol. The Hall–Kier alpha value is -2.40. The summed E-state index contributed by atoms with van der Waals surface area (Å²) in [7, 11) is 0.632. The van der Waals surface area contributed by atoms with E-state index in [0.717, 1.165) is 0 Å². The lowest BCUT2D eigenvalue weighted by Crippen LogP contribution is -2.18. The van der Waals surface area contributed by atoms with Crippen LogP contribution in [0.25, 0.3) is 0 Å². The average Bonchev–Trinajstić information content (AvgIpc) is 3.05. The molecule has 3 N–H and O–H groups in total. The van der Waals surface area contributed by atoms with E-state index in [1.807, 2.05) is 0 Å². The van der Waals surface area contributed by atoms with Crippen LogP contribution in [0.4, 0.5) is 5.95 Å². The van der Waals surface area contributed by atoms with Crippen LogP contribution in [-0.4, -0.2) is 48.2 Å². The number of H-pyrrole nitrogens is 1. The summed E-state index contributed by atoms with van der Waals surface area (Å²) in [4.78, 5) is 15.9. The second-order valence-corrected chi connectivity index (χ2v) is 5.89. The van der Waals surface area contributed by atoms with Gasteiger partial charge in [-0.05, 0) is 13.1 Å². The number of hydrogen-bond acceptors (Lipinski definition) is 6. The molecule has 2 aromatic rings. The molecule has 2 heterocycles. The molecule has 2 aromatic heterocycles. The number of nitrogens with one attached hydrogen (secondary N) is 3. The number of aromatic nitrogens is 4. The molecule has 0 aliphatic carbocycles. The zero-order chi connectivity index (χ0) is 15.6. The highest BCUT2D eigenvalue weighted by Crippen LogP contribution is 2.14. The van der Waals surface area contributed by atoms with Gasteiger partial charge in [-0.1, -0.05) is 0 Å². The Morgan fingerprint density at radius 3 is 2.76 bits per heavy atom. The van der Waals surface area contributed by atoms with Gasteiger partial charge in [0.2, 0.25) is 16.0 Å². The van der Waals surface area contributed by atoms with Gasteiger partial charge in [-0.15, -0.1) is 5.10 Å². The van der Waals surface area contributed by atoms with Crippen LogP contribution >= 0.6 is 0 Å². The van der Waals surface area contributed by atoms with E-state index < -0.39 is 15.9 Å². The van der Waals surface area contributed by atoms with Gasteiger partial charge in [0.1, 0.15) is 10.6 Å². The lowest BCUT2D eigenvalue weighted by atomic mass is 10.4. The number of rotatable bonds is 5. The Morgan fingerprint density at radius 1 is 1.48 bits per heavy atom. The standard InChI is InChI=1S/C10H14N6O4S/c1-11-21(18,19)6-4-7(16(2)5-6)8(17)12-9-13-10(20-3)15-14-9/h4-5,11H,1-3H3,(H2,12,13,14,15,17). The molecule has 0 spiro atoms. The number of carbonyl (C=O) groups excluding carboxylic acids is 1. The molecule has 0 radical (unpaired) electrons. The van der Waals surface area contributed by atoms with E-state index in [1.165, 1.54) is 31.0 Å². The van der Waals surface area contributed by atoms with Crippen molar-refractivity contribution < 1.29 is 17.9 Å². The van der Waals surface area contributed by atoms with E-state index in [9.17, 15) is 13.2 Å². The maximum absolute atomic E-state index is 12.1. The number of ether oxygens (including phenoxy) is 1. The lowest BCUT2D eigenvalue weighted by Gasteiger charge is -2.01. The summed E-state index contributed by atoms with van der Waals surface area (Å²) >= 11 is 0. The van der Waals surface area contributed by atoms with Crippen LogP contribution in [0.2, 0.25) is 0 Å². The van der Waals surface area contributed by atoms with Gasteiger partial charge in [0.25, 0.3) is 5.91 Å². The van der Waals surface area contributed by atoms with Gasteiger partial charge >= 0.3 is 6.01 Å². The summed E-state index contributed by atoms with van der Waals surface area (Å²) < 4.78 is 31.7. The van der Waals surface area contributed by atoms with Gasteiger partial charge in [-0.25, -0.2) is 18.2 Å². The Bertz CT molecular complexity index is 762. The molecule has 114 valence electrons. The number of aryl methyl sites for hydroxylation is 1. The van der Waals surface area contributed by atoms with Crippen LogP contribution in [-0.2, 0) is 17.1 Å². The number of amides is 1. The summed E-state index contributed by atoms with van der Waals surface area (Å²) in [6.07, 6.45) is 1.34. The second kappa shape index (κ2) is 5.54. The van der Waals surface area contributed by atoms with Gasteiger partial charge in [0.15, 0.2) is 0 Å². The number of anilines is 1. The van der Waals surface area contributed by atoms with Crippen molar-refractivity contribution in [1.82, 2.24) is 24.5 Å². The molecule has 0 fully saturated rings. The molecule has 0 aliphatic heterocycles. The molecule has 0 aliphatic rings. The van der Waals surface area contributed by atoms with Crippen LogP contribution in [0.3, 0.4) is 0 Å². The van der Waals surface area contributed by atoms with Gasteiger partial charge in [-0.3, -0.25) is 10.1 Å². The zero-order valence-electron chi connectivity index (χ0n) is 11.5. The fraction of sp³-hybridized carbons (Fsp3) is 0.300. The van der Waals surface area contributed by atoms with Gasteiger partial charge < -0.3 is 9.30 Å². The van der Waals surface area contributed by atoms with Crippen molar-refractivity contribution in [2.45, 2.75) is 4.90 Å². The highest BCUT2D eigenvalue weighted by atomic mass is 32.2. The SMILES string of the molecule is CNS(=O)(=O)c1cc(C(=O)Nc2nc(OC)n[nH]2)n(C)c1. The monoisotopic (exact) mass is 314 g/mol. The van der Waals surface area contributed by atoms with Crippen LogP contribution < -0.4 is 14.8 Å². The van der Waals surface area contributed by atoms with E-state index >= 15 is 0 Å². The maximum Gasteiger partial charge on any atom is 0.336 e. The molecule has 0 atom stereocenters. The third kappa shape index (κ3) is 3.03. The van der Waals surface area contributed by atoms with E-state index in [4.69, 9.17) is 4.74 Å². The van der Waals surface area contributed by atoms with Crippen LogP contribution in [0.15, 0.2) is 17.2 Å². The minimum atomic E-state index is -3.61. The Labute approximate surface area is 120 Å². The molecule has 0 bridgehead atoms. The minimum absolute atomic E-state index is 0.00667. The fourth-order valence-corrected chi connectivity index (χ4v) is 2.39. The van der Waals surface area contributed by atoms with Crippen molar-refractivity contribution in [3.05, 3.63) is 18.0 Å². The van der Waals surface area contributed by atoms with Crippen LogP contribution in [0.5, 0.6) is 6.01 Å². The summed E-state index contributed by atoms with van der Waals surface area (Å²) in [5.41, 5.74) is 0.152. The van der Waals surface area contributed by atoms with Crippen molar-refractivity contribution in [3.8, 4) is 6.01 Å². The number of carbonyl (C=O) groups is 1. The first-order valence-corrected chi connectivity index (χ1v) is 7.23. The van der Waals surface area contributed by atoms with Crippen molar-refractivity contribution in [1.29, 1.82) is 0 Å². The van der Waals surface area contributed by atoms with Gasteiger partial charge in [-0.2, -0.15) is 4.98 Å². The van der Waals surface area contributed by atoms with E-state index in [0.29, 0.717) is 0 Å². The number of sulfonamides is 1. The van der Waals surface area contributed by atoms with E-state index in [2.05, 4.69) is 25.2 Å². The largest absolute Gasteiger partial charge is 0.466 e. The minimum Gasteiger partial charge on any atom is -0.466 e. The number of hydrogen-bond donors (Lipinski definition) is 3. The maximum atomic E-state index is 12.1. The Balaban J connectivity index is 2.24. The van der Waals surface area contributed by atoms with E-state index in [-0.39, 0.29) is 22.5 Å². The Morgan fingerprint density at radius 2 is 2.19 bits per heavy atom. The summed E-state index contributed by atoms with van der Waals surface area (Å²) in [5, 5.41) is 8.60. The first-order chi connectivity index (χ1) is 9.87. The van der Waals surface area contributed by atoms with Crippen molar-refractivity contribution in [2.75, 3.05) is 19.5 Å². The predicted octanol–water partition coefficient (Wildman–Crippen LogP) is -0.688. The summed E-state index contributed by atoms with van der Waals surface area (Å²) in [6, 6.07) is 1.34. The molecule has 2 rings (SSSR count). The number of nitrogens with zero attached hydrogens (tertiary/aromatic N) is 3. The summed E-state index contributed by atoms with van der Waals surface area (Å²) in [5.74, 6) is -0.440. The van der Waals surface area contributed by atoms with Gasteiger partial charge in [0.05, 0.1) is 7.11 Å². The number of aromatic amines is 1. The van der Waals surface area contributed by atoms with Crippen molar-refractivity contribution in [2.24, 2.45) is 7.05 Å². The molecule has 11 heteroatoms. The highest BCUT2D eigenvalue weighted by molar-refractivity contribution is 7.89. The molecular formula is C10H14N6O4S.